The largest absolute Gasteiger partial charge is 0.478 e. The molecule has 0 fully saturated rings. The van der Waals surface area contributed by atoms with Crippen LogP contribution in [0.3, 0.4) is 0 Å². The average Bonchev–Trinajstić information content (AvgIpc) is 2.39. The number of carbonyl (C=O) groups excluding carboxylic acids is 1. The smallest absolute Gasteiger partial charge is 0.337 e. The number of carbonyl (C=O) groups is 2. The van der Waals surface area contributed by atoms with Crippen LogP contribution in [0.15, 0.2) is 45.3 Å². The Labute approximate surface area is 136 Å². The lowest BCUT2D eigenvalue weighted by Gasteiger charge is -2.09. The Bertz CT molecular complexity index is 714. The molecule has 1 amide bonds. The van der Waals surface area contributed by atoms with Crippen LogP contribution in [0.5, 0.6) is 0 Å². The number of nitrogens with one attached hydrogen (secondary N) is 1. The zero-order chi connectivity index (χ0) is 15.6. The van der Waals surface area contributed by atoms with E-state index in [9.17, 15) is 14.0 Å². The third kappa shape index (κ3) is 3.89. The van der Waals surface area contributed by atoms with E-state index in [1.54, 1.807) is 18.2 Å². The van der Waals surface area contributed by atoms with Crippen LogP contribution in [-0.2, 0) is 0 Å². The molecule has 0 aliphatic carbocycles. The number of rotatable bonds is 3. The molecule has 0 unspecified atom stereocenters. The minimum Gasteiger partial charge on any atom is -0.478 e. The molecule has 21 heavy (non-hydrogen) atoms. The maximum Gasteiger partial charge on any atom is 0.337 e. The zero-order valence-corrected chi connectivity index (χ0v) is 13.5. The second-order valence-corrected chi connectivity index (χ2v) is 5.94. The van der Waals surface area contributed by atoms with Crippen molar-refractivity contribution < 1.29 is 19.1 Å². The van der Waals surface area contributed by atoms with Crippen LogP contribution in [0.4, 0.5) is 10.1 Å². The number of amides is 1. The molecule has 0 bridgehead atoms. The molecule has 0 saturated carbocycles. The number of anilines is 1. The van der Waals surface area contributed by atoms with Crippen LogP contribution < -0.4 is 5.32 Å². The van der Waals surface area contributed by atoms with Gasteiger partial charge in [0, 0.05) is 14.5 Å². The minimum atomic E-state index is -1.32. The maximum absolute atomic E-state index is 13.1. The van der Waals surface area contributed by atoms with Crippen LogP contribution in [0.2, 0.25) is 0 Å². The Kier molecular flexibility index (Phi) is 4.74. The second-order valence-electron chi connectivity index (χ2n) is 4.11. The summed E-state index contributed by atoms with van der Waals surface area (Å²) in [6.07, 6.45) is 0. The van der Waals surface area contributed by atoms with Crippen LogP contribution in [0.25, 0.3) is 0 Å². The molecule has 0 atom stereocenters. The Balaban J connectivity index is 2.33. The highest BCUT2D eigenvalue weighted by Crippen LogP contribution is 2.22. The van der Waals surface area contributed by atoms with Gasteiger partial charge in [-0.05, 0) is 36.4 Å². The molecule has 0 aromatic heterocycles. The van der Waals surface area contributed by atoms with Crippen molar-refractivity contribution in [2.24, 2.45) is 0 Å². The summed E-state index contributed by atoms with van der Waals surface area (Å²) in [5, 5.41) is 11.5. The van der Waals surface area contributed by atoms with Gasteiger partial charge in [0.05, 0.1) is 11.3 Å². The number of aromatic carboxylic acids is 1. The van der Waals surface area contributed by atoms with E-state index in [-0.39, 0.29) is 11.3 Å². The number of carboxylic acids is 1. The van der Waals surface area contributed by atoms with Crippen molar-refractivity contribution in [1.82, 2.24) is 0 Å². The summed E-state index contributed by atoms with van der Waals surface area (Å²) >= 11 is 6.52. The molecular formula is C14H8Br2FNO3. The Morgan fingerprint density at radius 2 is 1.67 bits per heavy atom. The summed E-state index contributed by atoms with van der Waals surface area (Å²) in [6.45, 7) is 0. The van der Waals surface area contributed by atoms with Crippen molar-refractivity contribution in [3.05, 3.63) is 62.3 Å². The van der Waals surface area contributed by atoms with Gasteiger partial charge in [0.15, 0.2) is 0 Å². The Morgan fingerprint density at radius 1 is 1.05 bits per heavy atom. The Morgan fingerprint density at radius 3 is 2.24 bits per heavy atom. The molecule has 0 heterocycles. The van der Waals surface area contributed by atoms with Crippen molar-refractivity contribution in [2.75, 3.05) is 5.32 Å². The lowest BCUT2D eigenvalue weighted by molar-refractivity contribution is 0.0697. The molecule has 108 valence electrons. The third-order valence-corrected chi connectivity index (χ3v) is 3.50. The van der Waals surface area contributed by atoms with E-state index in [2.05, 4.69) is 37.2 Å². The van der Waals surface area contributed by atoms with Crippen molar-refractivity contribution in [3.63, 3.8) is 0 Å². The van der Waals surface area contributed by atoms with Crippen molar-refractivity contribution >= 4 is 49.4 Å². The highest BCUT2D eigenvalue weighted by molar-refractivity contribution is 9.11. The lowest BCUT2D eigenvalue weighted by atomic mass is 10.1. The first kappa shape index (κ1) is 15.7. The quantitative estimate of drug-likeness (QED) is 0.783. The first-order valence-electron chi connectivity index (χ1n) is 5.67. The minimum absolute atomic E-state index is 0.0324. The molecule has 2 aromatic rings. The van der Waals surface area contributed by atoms with Crippen molar-refractivity contribution in [2.45, 2.75) is 0 Å². The van der Waals surface area contributed by atoms with Crippen LogP contribution in [-0.4, -0.2) is 17.0 Å². The molecule has 0 aliphatic heterocycles. The fourth-order valence-electron chi connectivity index (χ4n) is 1.68. The maximum atomic E-state index is 13.1. The fourth-order valence-corrected chi connectivity index (χ4v) is 2.98. The van der Waals surface area contributed by atoms with Gasteiger partial charge in [0.1, 0.15) is 5.82 Å². The molecule has 2 aromatic carbocycles. The second kappa shape index (κ2) is 6.36. The molecule has 0 saturated heterocycles. The van der Waals surface area contributed by atoms with E-state index in [4.69, 9.17) is 5.11 Å². The first-order chi connectivity index (χ1) is 9.86. The number of hydrogen-bond donors (Lipinski definition) is 2. The molecule has 7 heteroatoms. The summed E-state index contributed by atoms with van der Waals surface area (Å²) in [5.74, 6) is -2.50. The van der Waals surface area contributed by atoms with Gasteiger partial charge in [-0.3, -0.25) is 4.79 Å². The first-order valence-corrected chi connectivity index (χ1v) is 7.25. The lowest BCUT2D eigenvalue weighted by Crippen LogP contribution is -2.15. The summed E-state index contributed by atoms with van der Waals surface area (Å²) in [7, 11) is 0. The van der Waals surface area contributed by atoms with E-state index < -0.39 is 17.7 Å². The SMILES string of the molecule is O=C(Nc1ccc(F)cc1C(=O)O)c1cc(Br)cc(Br)c1. The topological polar surface area (TPSA) is 66.4 Å². The third-order valence-electron chi connectivity index (χ3n) is 2.58. The van der Waals surface area contributed by atoms with Crippen LogP contribution >= 0.6 is 31.9 Å². The van der Waals surface area contributed by atoms with Gasteiger partial charge in [-0.25, -0.2) is 9.18 Å². The molecule has 0 radical (unpaired) electrons. The number of halogens is 3. The molecule has 0 aliphatic rings. The van der Waals surface area contributed by atoms with Crippen LogP contribution in [0, 0.1) is 5.82 Å². The van der Waals surface area contributed by atoms with E-state index in [1.165, 1.54) is 6.07 Å². The van der Waals surface area contributed by atoms with E-state index >= 15 is 0 Å². The highest BCUT2D eigenvalue weighted by Gasteiger charge is 2.15. The average molecular weight is 417 g/mol. The predicted octanol–water partition coefficient (Wildman–Crippen LogP) is 4.30. The predicted molar refractivity (Wildman–Crippen MR) is 83.2 cm³/mol. The van der Waals surface area contributed by atoms with Crippen molar-refractivity contribution in [3.8, 4) is 0 Å². The van der Waals surface area contributed by atoms with Gasteiger partial charge in [-0.1, -0.05) is 31.9 Å². The Hall–Kier alpha value is -1.73. The normalized spacial score (nSPS) is 10.2. The summed E-state index contributed by atoms with van der Waals surface area (Å²) in [6, 6.07) is 8.09. The summed E-state index contributed by atoms with van der Waals surface area (Å²) < 4.78 is 14.5. The van der Waals surface area contributed by atoms with Gasteiger partial charge >= 0.3 is 5.97 Å². The summed E-state index contributed by atoms with van der Waals surface area (Å²) in [4.78, 5) is 23.2. The van der Waals surface area contributed by atoms with Gasteiger partial charge < -0.3 is 10.4 Å². The van der Waals surface area contributed by atoms with Crippen molar-refractivity contribution in [1.29, 1.82) is 0 Å². The van der Waals surface area contributed by atoms with Gasteiger partial charge in [-0.2, -0.15) is 0 Å². The van der Waals surface area contributed by atoms with Gasteiger partial charge in [-0.15, -0.1) is 0 Å². The molecule has 2 N–H and O–H groups in total. The molecule has 0 spiro atoms. The van der Waals surface area contributed by atoms with Gasteiger partial charge in [0.25, 0.3) is 5.91 Å². The van der Waals surface area contributed by atoms with Gasteiger partial charge in [0.2, 0.25) is 0 Å². The zero-order valence-electron chi connectivity index (χ0n) is 10.4. The monoisotopic (exact) mass is 415 g/mol. The highest BCUT2D eigenvalue weighted by atomic mass is 79.9. The molecular weight excluding hydrogens is 409 g/mol. The number of benzene rings is 2. The fraction of sp³-hybridized carbons (Fsp3) is 0. The van der Waals surface area contributed by atoms with Crippen LogP contribution in [0.1, 0.15) is 20.7 Å². The van der Waals surface area contributed by atoms with E-state index in [0.29, 0.717) is 14.5 Å². The van der Waals surface area contributed by atoms with E-state index in [0.717, 1.165) is 12.1 Å². The number of carboxylic acid groups (broad SMARTS) is 1. The molecule has 2 rings (SSSR count). The standard InChI is InChI=1S/C14H8Br2FNO3/c15-8-3-7(4-9(16)5-8)13(19)18-12-2-1-10(17)6-11(12)14(20)21/h1-6H,(H,18,19)(H,20,21). The molecule has 4 nitrogen and oxygen atoms in total. The summed E-state index contributed by atoms with van der Waals surface area (Å²) in [5.41, 5.74) is 0.0549. The van der Waals surface area contributed by atoms with E-state index in [1.807, 2.05) is 0 Å². The number of hydrogen-bond acceptors (Lipinski definition) is 2.